The molecule has 0 aliphatic heterocycles. The van der Waals surface area contributed by atoms with Gasteiger partial charge in [-0.3, -0.25) is 0 Å². The van der Waals surface area contributed by atoms with Crippen LogP contribution in [-0.2, 0) is 17.6 Å². The first-order valence-corrected chi connectivity index (χ1v) is 13.7. The number of hydrogen-bond acceptors (Lipinski definition) is 3. The fourth-order valence-corrected chi connectivity index (χ4v) is 6.72. The second-order valence-electron chi connectivity index (χ2n) is 9.03. The molecule has 0 aliphatic rings. The molecule has 0 spiro atoms. The van der Waals surface area contributed by atoms with E-state index in [2.05, 4.69) is 73.1 Å². The number of rotatable bonds is 7. The molecule has 0 fully saturated rings. The predicted octanol–water partition coefficient (Wildman–Crippen LogP) is 8.74. The Morgan fingerprint density at radius 3 is 2.39 bits per heavy atom. The summed E-state index contributed by atoms with van der Waals surface area (Å²) in [7, 11) is 0. The lowest BCUT2D eigenvalue weighted by atomic mass is 9.91. The number of carboxylic acid groups (broad SMARTS) is 1. The van der Waals surface area contributed by atoms with Crippen LogP contribution in [0.25, 0.3) is 32.0 Å². The van der Waals surface area contributed by atoms with Gasteiger partial charge in [-0.25, -0.2) is 4.79 Å². The van der Waals surface area contributed by atoms with Crippen LogP contribution in [0.3, 0.4) is 0 Å². The van der Waals surface area contributed by atoms with Gasteiger partial charge in [0.05, 0.1) is 4.70 Å². The first kappa shape index (κ1) is 24.5. The monoisotopic (exact) mass is 558 g/mol. The average molecular weight is 560 g/mol. The van der Waals surface area contributed by atoms with E-state index < -0.39 is 12.1 Å². The van der Waals surface area contributed by atoms with Crippen molar-refractivity contribution in [3.05, 3.63) is 98.8 Å². The maximum atomic E-state index is 12.0. The van der Waals surface area contributed by atoms with Gasteiger partial charge < -0.3 is 9.84 Å². The van der Waals surface area contributed by atoms with Crippen molar-refractivity contribution < 1.29 is 14.6 Å². The molecule has 1 heterocycles. The van der Waals surface area contributed by atoms with E-state index in [0.29, 0.717) is 12.2 Å². The third kappa shape index (κ3) is 4.42. The highest BCUT2D eigenvalue weighted by Gasteiger charge is 2.23. The standard InChI is InChI=1S/C31H27BrO3S/c1-4-21-17-22(14-15-25(21)35-26(31(33)34)16-20-10-6-5-7-11-20)28-23-12-8-9-13-24(23)29(32)30-27(28)18(2)19(3)36-30/h5-15,17,26H,4,16H2,1-3H3,(H,33,34). The third-order valence-electron chi connectivity index (χ3n) is 6.81. The summed E-state index contributed by atoms with van der Waals surface area (Å²) >= 11 is 5.70. The Bertz CT molecular complexity index is 1590. The van der Waals surface area contributed by atoms with Crippen LogP contribution in [0, 0.1) is 13.8 Å². The smallest absolute Gasteiger partial charge is 0.345 e. The Kier molecular flexibility index (Phi) is 6.87. The maximum absolute atomic E-state index is 12.0. The van der Waals surface area contributed by atoms with Gasteiger partial charge in [-0.2, -0.15) is 0 Å². The van der Waals surface area contributed by atoms with E-state index in [-0.39, 0.29) is 0 Å². The molecule has 1 unspecified atom stereocenters. The number of benzene rings is 4. The van der Waals surface area contributed by atoms with Gasteiger partial charge in [0.15, 0.2) is 6.10 Å². The number of carboxylic acids is 1. The van der Waals surface area contributed by atoms with Crippen LogP contribution in [-0.4, -0.2) is 17.2 Å². The molecule has 0 radical (unpaired) electrons. The van der Waals surface area contributed by atoms with Crippen LogP contribution in [0.4, 0.5) is 0 Å². The highest BCUT2D eigenvalue weighted by atomic mass is 79.9. The zero-order valence-corrected chi connectivity index (χ0v) is 22.9. The van der Waals surface area contributed by atoms with Crippen molar-refractivity contribution in [2.75, 3.05) is 0 Å². The molecule has 1 atom stereocenters. The van der Waals surface area contributed by atoms with Crippen LogP contribution in [0.5, 0.6) is 5.75 Å². The van der Waals surface area contributed by atoms with E-state index in [4.69, 9.17) is 4.74 Å². The molecule has 1 N–H and O–H groups in total. The van der Waals surface area contributed by atoms with E-state index in [0.717, 1.165) is 27.6 Å². The number of aliphatic carboxylic acids is 1. The van der Waals surface area contributed by atoms with Crippen molar-refractivity contribution in [1.82, 2.24) is 0 Å². The van der Waals surface area contributed by atoms with Crippen LogP contribution in [0.1, 0.15) is 28.5 Å². The zero-order valence-electron chi connectivity index (χ0n) is 20.5. The minimum atomic E-state index is -0.963. The minimum Gasteiger partial charge on any atom is -0.478 e. The summed E-state index contributed by atoms with van der Waals surface area (Å²) in [6.45, 7) is 6.44. The topological polar surface area (TPSA) is 46.5 Å². The molecule has 36 heavy (non-hydrogen) atoms. The summed E-state index contributed by atoms with van der Waals surface area (Å²) in [5.74, 6) is -0.338. The number of carbonyl (C=O) groups is 1. The first-order chi connectivity index (χ1) is 17.4. The summed E-state index contributed by atoms with van der Waals surface area (Å²) in [6.07, 6.45) is 0.0949. The number of fused-ring (bicyclic) bond motifs is 2. The molecular weight excluding hydrogens is 532 g/mol. The van der Waals surface area contributed by atoms with E-state index in [1.165, 1.54) is 36.9 Å². The van der Waals surface area contributed by atoms with Crippen molar-refractivity contribution in [1.29, 1.82) is 0 Å². The zero-order chi connectivity index (χ0) is 25.4. The number of thiophene rings is 1. The van der Waals surface area contributed by atoms with Crippen molar-refractivity contribution in [3.63, 3.8) is 0 Å². The molecule has 0 bridgehead atoms. The largest absolute Gasteiger partial charge is 0.478 e. The molecule has 0 aliphatic carbocycles. The fraction of sp³-hybridized carbons (Fsp3) is 0.194. The Morgan fingerprint density at radius 1 is 1.00 bits per heavy atom. The van der Waals surface area contributed by atoms with Crippen LogP contribution >= 0.6 is 27.3 Å². The van der Waals surface area contributed by atoms with E-state index >= 15 is 0 Å². The Morgan fingerprint density at radius 2 is 1.69 bits per heavy atom. The van der Waals surface area contributed by atoms with Crippen LogP contribution in [0.15, 0.2) is 77.3 Å². The number of hydrogen-bond donors (Lipinski definition) is 1. The van der Waals surface area contributed by atoms with Crippen molar-refractivity contribution in [2.45, 2.75) is 39.7 Å². The molecule has 0 saturated carbocycles. The number of aryl methyl sites for hydroxylation is 3. The third-order valence-corrected chi connectivity index (χ3v) is 9.12. The van der Waals surface area contributed by atoms with Crippen molar-refractivity contribution >= 4 is 54.1 Å². The summed E-state index contributed by atoms with van der Waals surface area (Å²) in [5, 5.41) is 13.5. The number of halogens is 1. The van der Waals surface area contributed by atoms with E-state index in [9.17, 15) is 9.90 Å². The van der Waals surface area contributed by atoms with Crippen LogP contribution < -0.4 is 4.74 Å². The molecule has 0 amide bonds. The lowest BCUT2D eigenvalue weighted by Gasteiger charge is -2.19. The van der Waals surface area contributed by atoms with Gasteiger partial charge in [0.1, 0.15) is 5.75 Å². The fourth-order valence-electron chi connectivity index (χ4n) is 4.82. The molecule has 3 nitrogen and oxygen atoms in total. The molecule has 4 aromatic carbocycles. The van der Waals surface area contributed by atoms with Gasteiger partial charge in [0, 0.05) is 21.2 Å². The molecule has 182 valence electrons. The number of ether oxygens (including phenoxy) is 1. The van der Waals surface area contributed by atoms with Gasteiger partial charge in [-0.05, 0) is 86.9 Å². The highest BCUT2D eigenvalue weighted by Crippen LogP contribution is 2.47. The summed E-state index contributed by atoms with van der Waals surface area (Å²) in [6, 6.07) is 24.3. The Hall–Kier alpha value is -3.15. The second kappa shape index (κ2) is 10.1. The molecule has 5 heteroatoms. The Labute approximate surface area is 223 Å². The quantitative estimate of drug-likeness (QED) is 0.217. The normalized spacial score (nSPS) is 12.2. The lowest BCUT2D eigenvalue weighted by molar-refractivity contribution is -0.145. The van der Waals surface area contributed by atoms with Gasteiger partial charge in [0.2, 0.25) is 0 Å². The van der Waals surface area contributed by atoms with E-state index in [1.54, 1.807) is 0 Å². The van der Waals surface area contributed by atoms with Gasteiger partial charge in [0.25, 0.3) is 0 Å². The molecule has 0 saturated heterocycles. The van der Waals surface area contributed by atoms with E-state index in [1.807, 2.05) is 47.7 Å². The van der Waals surface area contributed by atoms with Crippen molar-refractivity contribution in [2.24, 2.45) is 0 Å². The molecule has 5 rings (SSSR count). The summed E-state index contributed by atoms with van der Waals surface area (Å²) in [4.78, 5) is 13.3. The molecular formula is C31H27BrO3S. The second-order valence-corrected chi connectivity index (χ2v) is 11.1. The predicted molar refractivity (Wildman–Crippen MR) is 154 cm³/mol. The van der Waals surface area contributed by atoms with Crippen LogP contribution in [0.2, 0.25) is 0 Å². The SMILES string of the molecule is CCc1cc(-c2c3ccccc3c(Br)c3sc(C)c(C)c23)ccc1OC(Cc1ccccc1)C(=O)O. The Balaban J connectivity index is 1.62. The lowest BCUT2D eigenvalue weighted by Crippen LogP contribution is -2.29. The highest BCUT2D eigenvalue weighted by molar-refractivity contribution is 9.11. The maximum Gasteiger partial charge on any atom is 0.345 e. The summed E-state index contributed by atoms with van der Waals surface area (Å²) in [5.41, 5.74) is 5.56. The minimum absolute atomic E-state index is 0.312. The molecule has 1 aromatic heterocycles. The summed E-state index contributed by atoms with van der Waals surface area (Å²) < 4.78 is 8.50. The average Bonchev–Trinajstić information content (AvgIpc) is 3.19. The molecule has 5 aromatic rings. The van der Waals surface area contributed by atoms with Gasteiger partial charge >= 0.3 is 5.97 Å². The van der Waals surface area contributed by atoms with Gasteiger partial charge in [-0.15, -0.1) is 11.3 Å². The van der Waals surface area contributed by atoms with Gasteiger partial charge in [-0.1, -0.05) is 67.6 Å². The van der Waals surface area contributed by atoms with Crippen molar-refractivity contribution in [3.8, 4) is 16.9 Å². The first-order valence-electron chi connectivity index (χ1n) is 12.1.